The maximum atomic E-state index is 5.91. The summed E-state index contributed by atoms with van der Waals surface area (Å²) in [7, 11) is 0. The first-order chi connectivity index (χ1) is 9.81. The van der Waals surface area contributed by atoms with Crippen LogP contribution in [-0.4, -0.2) is 17.5 Å². The number of anilines is 1. The Morgan fingerprint density at radius 3 is 3.10 bits per heavy atom. The molecule has 0 atom stereocenters. The molecule has 1 heterocycles. The molecule has 1 aromatic carbocycles. The molecule has 0 spiro atoms. The van der Waals surface area contributed by atoms with Gasteiger partial charge in [-0.05, 0) is 42.5 Å². The Balaban J connectivity index is 1.56. The number of fused-ring (bicyclic) bond motifs is 1. The summed E-state index contributed by atoms with van der Waals surface area (Å²) in [4.78, 5) is 8.56. The highest BCUT2D eigenvalue weighted by Crippen LogP contribution is 2.24. The number of rotatable bonds is 4. The molecule has 0 aliphatic heterocycles. The van der Waals surface area contributed by atoms with Crippen LogP contribution in [0, 0.1) is 0 Å². The van der Waals surface area contributed by atoms with Crippen LogP contribution >= 0.6 is 11.3 Å². The van der Waals surface area contributed by atoms with E-state index in [-0.39, 0.29) is 0 Å². The van der Waals surface area contributed by atoms with Crippen molar-refractivity contribution in [2.24, 2.45) is 10.7 Å². The number of nitrogens with two attached hydrogens (primary N) is 1. The Hall–Kier alpha value is -1.88. The fourth-order valence-corrected chi connectivity index (χ4v) is 3.10. The largest absolute Gasteiger partial charge is 0.370 e. The summed E-state index contributed by atoms with van der Waals surface area (Å²) >= 11 is 1.65. The number of nitrogens with zero attached hydrogens (tertiary/aromatic N) is 2. The van der Waals surface area contributed by atoms with Crippen molar-refractivity contribution in [3.05, 3.63) is 45.9 Å². The molecule has 2 aromatic rings. The normalized spacial score (nSPS) is 14.3. The molecule has 5 heteroatoms. The zero-order chi connectivity index (χ0) is 13.8. The summed E-state index contributed by atoms with van der Waals surface area (Å²) < 4.78 is 0. The number of hydrogen-bond acceptors (Lipinski definition) is 3. The minimum atomic E-state index is 0.472. The Morgan fingerprint density at radius 2 is 2.25 bits per heavy atom. The van der Waals surface area contributed by atoms with Crippen LogP contribution in [0.1, 0.15) is 22.6 Å². The standard InChI is InChI=1S/C15H18N4S/c16-15(18-7-6-14-17-8-9-20-14)19-13-5-4-11-2-1-3-12(11)10-13/h4-5,8-10H,1-3,6-7H2,(H3,16,18,19). The lowest BCUT2D eigenvalue weighted by atomic mass is 10.1. The van der Waals surface area contributed by atoms with E-state index in [1.54, 1.807) is 11.3 Å². The van der Waals surface area contributed by atoms with Crippen molar-refractivity contribution in [1.82, 2.24) is 4.98 Å². The zero-order valence-corrected chi connectivity index (χ0v) is 12.1. The molecule has 0 bridgehead atoms. The number of thiazole rings is 1. The lowest BCUT2D eigenvalue weighted by Crippen LogP contribution is -2.23. The van der Waals surface area contributed by atoms with Gasteiger partial charge in [-0.2, -0.15) is 0 Å². The molecular weight excluding hydrogens is 268 g/mol. The van der Waals surface area contributed by atoms with Gasteiger partial charge in [-0.25, -0.2) is 4.98 Å². The van der Waals surface area contributed by atoms with Crippen LogP contribution in [0.2, 0.25) is 0 Å². The third-order valence-electron chi connectivity index (χ3n) is 3.46. The van der Waals surface area contributed by atoms with Crippen LogP contribution in [0.15, 0.2) is 34.8 Å². The van der Waals surface area contributed by atoms with Crippen LogP contribution in [0.4, 0.5) is 5.69 Å². The monoisotopic (exact) mass is 286 g/mol. The average Bonchev–Trinajstić information content (AvgIpc) is 3.08. The summed E-state index contributed by atoms with van der Waals surface area (Å²) in [5.41, 5.74) is 9.84. The maximum absolute atomic E-state index is 5.91. The SMILES string of the molecule is NC(=NCCc1nccs1)Nc1ccc2c(c1)CCC2. The first-order valence-corrected chi connectivity index (χ1v) is 7.76. The second-order valence-corrected chi connectivity index (χ2v) is 5.88. The number of aliphatic imine (C=N–C) groups is 1. The van der Waals surface area contributed by atoms with E-state index < -0.39 is 0 Å². The van der Waals surface area contributed by atoms with Crippen LogP contribution in [0.25, 0.3) is 0 Å². The smallest absolute Gasteiger partial charge is 0.193 e. The summed E-state index contributed by atoms with van der Waals surface area (Å²) in [6.45, 7) is 0.664. The molecule has 0 unspecified atom stereocenters. The van der Waals surface area contributed by atoms with Gasteiger partial charge < -0.3 is 11.1 Å². The summed E-state index contributed by atoms with van der Waals surface area (Å²) in [6.07, 6.45) is 6.29. The van der Waals surface area contributed by atoms with E-state index in [2.05, 4.69) is 33.5 Å². The minimum absolute atomic E-state index is 0.472. The molecular formula is C15H18N4S. The van der Waals surface area contributed by atoms with E-state index in [9.17, 15) is 0 Å². The van der Waals surface area contributed by atoms with Gasteiger partial charge in [0.25, 0.3) is 0 Å². The predicted octanol–water partition coefficient (Wildman–Crippen LogP) is 2.60. The third kappa shape index (κ3) is 3.17. The molecule has 1 aliphatic rings. The Kier molecular flexibility index (Phi) is 3.97. The fraction of sp³-hybridized carbons (Fsp3) is 0.333. The van der Waals surface area contributed by atoms with Crippen molar-refractivity contribution in [2.75, 3.05) is 11.9 Å². The van der Waals surface area contributed by atoms with Gasteiger partial charge in [-0.1, -0.05) is 6.07 Å². The third-order valence-corrected chi connectivity index (χ3v) is 4.30. The Morgan fingerprint density at radius 1 is 1.35 bits per heavy atom. The van der Waals surface area contributed by atoms with Gasteiger partial charge in [-0.15, -0.1) is 11.3 Å². The second-order valence-electron chi connectivity index (χ2n) is 4.90. The highest BCUT2D eigenvalue weighted by molar-refractivity contribution is 7.09. The first kappa shape index (κ1) is 13.1. The molecule has 0 saturated heterocycles. The molecule has 20 heavy (non-hydrogen) atoms. The van der Waals surface area contributed by atoms with Crippen molar-refractivity contribution in [2.45, 2.75) is 25.7 Å². The topological polar surface area (TPSA) is 63.3 Å². The summed E-state index contributed by atoms with van der Waals surface area (Å²) in [5, 5.41) is 6.24. The van der Waals surface area contributed by atoms with Gasteiger partial charge in [0, 0.05) is 30.2 Å². The van der Waals surface area contributed by atoms with E-state index >= 15 is 0 Å². The lowest BCUT2D eigenvalue weighted by Gasteiger charge is -2.07. The lowest BCUT2D eigenvalue weighted by molar-refractivity contribution is 0.912. The van der Waals surface area contributed by atoms with Gasteiger partial charge in [0.05, 0.1) is 5.01 Å². The van der Waals surface area contributed by atoms with E-state index in [4.69, 9.17) is 5.73 Å². The van der Waals surface area contributed by atoms with Gasteiger partial charge in [0.1, 0.15) is 0 Å². The molecule has 3 rings (SSSR count). The number of hydrogen-bond donors (Lipinski definition) is 2. The van der Waals surface area contributed by atoms with Gasteiger partial charge in [-0.3, -0.25) is 4.99 Å². The van der Waals surface area contributed by atoms with Gasteiger partial charge >= 0.3 is 0 Å². The molecule has 3 N–H and O–H groups in total. The van der Waals surface area contributed by atoms with Crippen molar-refractivity contribution in [1.29, 1.82) is 0 Å². The number of aryl methyl sites for hydroxylation is 2. The Bertz CT molecular complexity index is 604. The van der Waals surface area contributed by atoms with Crippen LogP contribution in [0.3, 0.4) is 0 Å². The fourth-order valence-electron chi connectivity index (χ4n) is 2.49. The number of guanidine groups is 1. The van der Waals surface area contributed by atoms with E-state index in [0.717, 1.165) is 17.1 Å². The van der Waals surface area contributed by atoms with Crippen molar-refractivity contribution in [3.8, 4) is 0 Å². The van der Waals surface area contributed by atoms with Gasteiger partial charge in [0.15, 0.2) is 5.96 Å². The number of nitrogens with one attached hydrogen (secondary N) is 1. The second kappa shape index (κ2) is 6.05. The van der Waals surface area contributed by atoms with Crippen molar-refractivity contribution >= 4 is 23.0 Å². The number of aromatic nitrogens is 1. The first-order valence-electron chi connectivity index (χ1n) is 6.88. The predicted molar refractivity (Wildman–Crippen MR) is 84.4 cm³/mol. The molecule has 0 saturated carbocycles. The van der Waals surface area contributed by atoms with Crippen LogP contribution < -0.4 is 11.1 Å². The molecule has 0 amide bonds. The van der Waals surface area contributed by atoms with Crippen LogP contribution in [-0.2, 0) is 19.3 Å². The molecule has 104 valence electrons. The van der Waals surface area contributed by atoms with Gasteiger partial charge in [0.2, 0.25) is 0 Å². The highest BCUT2D eigenvalue weighted by atomic mass is 32.1. The summed E-state index contributed by atoms with van der Waals surface area (Å²) in [5.74, 6) is 0.472. The van der Waals surface area contributed by atoms with Crippen molar-refractivity contribution in [3.63, 3.8) is 0 Å². The molecule has 0 radical (unpaired) electrons. The molecule has 0 fully saturated rings. The number of benzene rings is 1. The van der Waals surface area contributed by atoms with Crippen LogP contribution in [0.5, 0.6) is 0 Å². The molecule has 1 aliphatic carbocycles. The van der Waals surface area contributed by atoms with Crippen molar-refractivity contribution < 1.29 is 0 Å². The van der Waals surface area contributed by atoms with E-state index in [1.807, 2.05) is 11.6 Å². The molecule has 4 nitrogen and oxygen atoms in total. The maximum Gasteiger partial charge on any atom is 0.193 e. The Labute approximate surface area is 122 Å². The zero-order valence-electron chi connectivity index (χ0n) is 11.3. The van der Waals surface area contributed by atoms with E-state index in [0.29, 0.717) is 12.5 Å². The molecule has 1 aromatic heterocycles. The minimum Gasteiger partial charge on any atom is -0.370 e. The van der Waals surface area contributed by atoms with E-state index in [1.165, 1.54) is 30.4 Å². The highest BCUT2D eigenvalue weighted by Gasteiger charge is 2.10. The average molecular weight is 286 g/mol. The summed E-state index contributed by atoms with van der Waals surface area (Å²) in [6, 6.07) is 6.45. The quantitative estimate of drug-likeness (QED) is 0.671.